The Hall–Kier alpha value is -2.09. The Morgan fingerprint density at radius 2 is 2.33 bits per heavy atom. The number of piperidine rings is 1. The second kappa shape index (κ2) is 5.05. The number of benzene rings is 1. The number of carbonyl (C=O) groups is 1. The van der Waals surface area contributed by atoms with Crippen LogP contribution in [0.25, 0.3) is 0 Å². The van der Waals surface area contributed by atoms with Crippen molar-refractivity contribution in [2.45, 2.75) is 18.9 Å². The predicted molar refractivity (Wildman–Crippen MR) is 65.4 cm³/mol. The summed E-state index contributed by atoms with van der Waals surface area (Å²) in [4.78, 5) is 13.0. The molecule has 1 atom stereocenters. The molecule has 1 heterocycles. The van der Waals surface area contributed by atoms with Gasteiger partial charge in [-0.1, -0.05) is 0 Å². The van der Waals surface area contributed by atoms with Crippen LogP contribution in [-0.4, -0.2) is 30.4 Å². The quantitative estimate of drug-likeness (QED) is 0.865. The molecule has 5 heteroatoms. The Bertz CT molecular complexity index is 509. The summed E-state index contributed by atoms with van der Waals surface area (Å²) in [7, 11) is 1.76. The molecular weight excluding hydrogens is 233 g/mol. The van der Waals surface area contributed by atoms with Gasteiger partial charge in [0, 0.05) is 26.1 Å². The maximum atomic E-state index is 13.0. The fraction of sp³-hybridized carbons (Fsp3) is 0.385. The molecule has 0 saturated carbocycles. The van der Waals surface area contributed by atoms with E-state index in [-0.39, 0.29) is 17.5 Å². The van der Waals surface area contributed by atoms with E-state index in [4.69, 9.17) is 5.26 Å². The molecule has 1 amide bonds. The first-order chi connectivity index (χ1) is 8.60. The van der Waals surface area contributed by atoms with Crippen molar-refractivity contribution in [2.75, 3.05) is 18.9 Å². The van der Waals surface area contributed by atoms with E-state index in [2.05, 4.69) is 5.32 Å². The van der Waals surface area contributed by atoms with Crippen molar-refractivity contribution in [1.82, 2.24) is 4.90 Å². The van der Waals surface area contributed by atoms with Crippen LogP contribution in [-0.2, 0) is 4.79 Å². The third-order valence-corrected chi connectivity index (χ3v) is 3.09. The van der Waals surface area contributed by atoms with E-state index in [1.807, 2.05) is 6.07 Å². The standard InChI is InChI=1S/C13H14FN3O/c1-17-8-11(3-5-13(17)18)16-12-4-2-10(14)6-9(12)7-15/h2,4,6,11,16H,3,5,8H2,1H3/t11-/m0/s1. The Kier molecular flexibility index (Phi) is 3.47. The van der Waals surface area contributed by atoms with Crippen LogP contribution in [0.1, 0.15) is 18.4 Å². The van der Waals surface area contributed by atoms with Crippen LogP contribution >= 0.6 is 0 Å². The molecule has 1 N–H and O–H groups in total. The lowest BCUT2D eigenvalue weighted by Crippen LogP contribution is -2.43. The van der Waals surface area contributed by atoms with Gasteiger partial charge in [0.15, 0.2) is 0 Å². The van der Waals surface area contributed by atoms with E-state index < -0.39 is 5.82 Å². The summed E-state index contributed by atoms with van der Waals surface area (Å²) in [6.07, 6.45) is 1.22. The van der Waals surface area contributed by atoms with Gasteiger partial charge in [0.1, 0.15) is 11.9 Å². The lowest BCUT2D eigenvalue weighted by Gasteiger charge is -2.31. The predicted octanol–water partition coefficient (Wildman–Crippen LogP) is 1.73. The molecule has 1 aliphatic rings. The number of likely N-dealkylation sites (tertiary alicyclic amines) is 1. The number of rotatable bonds is 2. The van der Waals surface area contributed by atoms with E-state index >= 15 is 0 Å². The topological polar surface area (TPSA) is 56.1 Å². The van der Waals surface area contributed by atoms with Gasteiger partial charge in [-0.3, -0.25) is 4.79 Å². The lowest BCUT2D eigenvalue weighted by atomic mass is 10.0. The summed E-state index contributed by atoms with van der Waals surface area (Å²) in [5.74, 6) is -0.291. The summed E-state index contributed by atoms with van der Waals surface area (Å²) in [5.41, 5.74) is 0.904. The molecule has 1 saturated heterocycles. The molecule has 0 aliphatic carbocycles. The van der Waals surface area contributed by atoms with Crippen molar-refractivity contribution in [3.8, 4) is 6.07 Å². The van der Waals surface area contributed by atoms with Gasteiger partial charge < -0.3 is 10.2 Å². The number of nitriles is 1. The summed E-state index contributed by atoms with van der Waals surface area (Å²) in [5, 5.41) is 12.1. The van der Waals surface area contributed by atoms with E-state index in [0.29, 0.717) is 18.7 Å². The number of hydrogen-bond acceptors (Lipinski definition) is 3. The molecule has 0 spiro atoms. The van der Waals surface area contributed by atoms with Gasteiger partial charge in [0.05, 0.1) is 11.3 Å². The average Bonchev–Trinajstić information content (AvgIpc) is 2.36. The number of carbonyl (C=O) groups excluding carboxylic acids is 1. The molecule has 1 fully saturated rings. The van der Waals surface area contributed by atoms with Crippen molar-refractivity contribution in [3.63, 3.8) is 0 Å². The Labute approximate surface area is 105 Å². The highest BCUT2D eigenvalue weighted by molar-refractivity contribution is 5.77. The smallest absolute Gasteiger partial charge is 0.222 e. The van der Waals surface area contributed by atoms with Crippen molar-refractivity contribution < 1.29 is 9.18 Å². The first-order valence-corrected chi connectivity index (χ1v) is 5.80. The monoisotopic (exact) mass is 247 g/mol. The highest BCUT2D eigenvalue weighted by Gasteiger charge is 2.23. The van der Waals surface area contributed by atoms with Gasteiger partial charge in [-0.2, -0.15) is 5.26 Å². The molecule has 1 aromatic rings. The zero-order valence-corrected chi connectivity index (χ0v) is 10.1. The van der Waals surface area contributed by atoms with Crippen LogP contribution in [0.3, 0.4) is 0 Å². The molecule has 2 rings (SSSR count). The van der Waals surface area contributed by atoms with Crippen LogP contribution in [0.15, 0.2) is 18.2 Å². The molecule has 94 valence electrons. The highest BCUT2D eigenvalue weighted by Crippen LogP contribution is 2.20. The van der Waals surface area contributed by atoms with Gasteiger partial charge in [0.25, 0.3) is 0 Å². The summed E-state index contributed by atoms with van der Waals surface area (Å²) in [6.45, 7) is 0.598. The highest BCUT2D eigenvalue weighted by atomic mass is 19.1. The normalized spacial score (nSPS) is 19.5. The average molecular weight is 247 g/mol. The molecule has 1 aliphatic heterocycles. The first-order valence-electron chi connectivity index (χ1n) is 5.80. The molecule has 4 nitrogen and oxygen atoms in total. The third kappa shape index (κ3) is 2.59. The number of nitrogens with one attached hydrogen (secondary N) is 1. The molecule has 0 bridgehead atoms. The van der Waals surface area contributed by atoms with E-state index in [1.165, 1.54) is 12.1 Å². The van der Waals surface area contributed by atoms with Crippen LogP contribution in [0.5, 0.6) is 0 Å². The fourth-order valence-electron chi connectivity index (χ4n) is 2.08. The Morgan fingerprint density at radius 3 is 3.00 bits per heavy atom. The number of nitrogens with zero attached hydrogens (tertiary/aromatic N) is 2. The van der Waals surface area contributed by atoms with Gasteiger partial charge >= 0.3 is 0 Å². The second-order valence-electron chi connectivity index (χ2n) is 4.46. The maximum absolute atomic E-state index is 13.0. The van der Waals surface area contributed by atoms with Gasteiger partial charge in [-0.25, -0.2) is 4.39 Å². The molecule has 0 aromatic heterocycles. The number of amides is 1. The van der Waals surface area contributed by atoms with Crippen LogP contribution in [0.2, 0.25) is 0 Å². The van der Waals surface area contributed by atoms with Crippen molar-refractivity contribution in [1.29, 1.82) is 5.26 Å². The Balaban J connectivity index is 2.10. The SMILES string of the molecule is CN1C[C@@H](Nc2ccc(F)cc2C#N)CCC1=O. The van der Waals surface area contributed by atoms with Crippen molar-refractivity contribution >= 4 is 11.6 Å². The lowest BCUT2D eigenvalue weighted by molar-refractivity contribution is -0.132. The van der Waals surface area contributed by atoms with Crippen molar-refractivity contribution in [2.24, 2.45) is 0 Å². The minimum atomic E-state index is -0.423. The molecule has 1 aromatic carbocycles. The minimum absolute atomic E-state index is 0.102. The molecular formula is C13H14FN3O. The van der Waals surface area contributed by atoms with Crippen LogP contribution in [0.4, 0.5) is 10.1 Å². The van der Waals surface area contributed by atoms with Crippen molar-refractivity contribution in [3.05, 3.63) is 29.6 Å². The largest absolute Gasteiger partial charge is 0.379 e. The molecule has 0 unspecified atom stereocenters. The first kappa shape index (κ1) is 12.4. The molecule has 0 radical (unpaired) electrons. The summed E-state index contributed by atoms with van der Waals surface area (Å²) >= 11 is 0. The summed E-state index contributed by atoms with van der Waals surface area (Å²) < 4.78 is 13.0. The van der Waals surface area contributed by atoms with Crippen LogP contribution in [0, 0.1) is 17.1 Å². The fourth-order valence-corrected chi connectivity index (χ4v) is 2.08. The zero-order chi connectivity index (χ0) is 13.1. The zero-order valence-electron chi connectivity index (χ0n) is 10.1. The van der Waals surface area contributed by atoms with Gasteiger partial charge in [-0.05, 0) is 24.6 Å². The maximum Gasteiger partial charge on any atom is 0.222 e. The number of halogens is 1. The van der Waals surface area contributed by atoms with Crippen LogP contribution < -0.4 is 5.32 Å². The minimum Gasteiger partial charge on any atom is -0.379 e. The van der Waals surface area contributed by atoms with E-state index in [1.54, 1.807) is 18.0 Å². The molecule has 18 heavy (non-hydrogen) atoms. The van der Waals surface area contributed by atoms with Gasteiger partial charge in [-0.15, -0.1) is 0 Å². The third-order valence-electron chi connectivity index (χ3n) is 3.09. The van der Waals surface area contributed by atoms with E-state index in [9.17, 15) is 9.18 Å². The Morgan fingerprint density at radius 1 is 1.56 bits per heavy atom. The number of anilines is 1. The number of likely N-dealkylation sites (N-methyl/N-ethyl adjacent to an activating group) is 1. The van der Waals surface area contributed by atoms with Gasteiger partial charge in [0.2, 0.25) is 5.91 Å². The number of hydrogen-bond donors (Lipinski definition) is 1. The summed E-state index contributed by atoms with van der Waals surface area (Å²) in [6, 6.07) is 6.15. The van der Waals surface area contributed by atoms with E-state index in [0.717, 1.165) is 6.42 Å². The second-order valence-corrected chi connectivity index (χ2v) is 4.46.